The van der Waals surface area contributed by atoms with Crippen LogP contribution >= 0.6 is 11.3 Å². The zero-order valence-corrected chi connectivity index (χ0v) is 17.3. The Kier molecular flexibility index (Phi) is 5.94. The molecule has 8 heteroatoms. The van der Waals surface area contributed by atoms with E-state index in [2.05, 4.69) is 21.8 Å². The molecule has 2 amide bonds. The highest BCUT2D eigenvalue weighted by atomic mass is 32.1. The molecule has 6 nitrogen and oxygen atoms in total. The number of hydrogen-bond donors (Lipinski definition) is 2. The third kappa shape index (κ3) is 4.94. The van der Waals surface area contributed by atoms with Crippen LogP contribution in [0.2, 0.25) is 0 Å². The minimum absolute atomic E-state index is 0.0525. The summed E-state index contributed by atoms with van der Waals surface area (Å²) in [5.74, 6) is -0.342. The molecule has 1 unspecified atom stereocenters. The van der Waals surface area contributed by atoms with Gasteiger partial charge in [-0.15, -0.1) is 11.3 Å². The van der Waals surface area contributed by atoms with Crippen molar-refractivity contribution in [2.24, 2.45) is 0 Å². The lowest BCUT2D eigenvalue weighted by molar-refractivity contribution is -0.122. The molecule has 2 aromatic heterocycles. The van der Waals surface area contributed by atoms with Crippen LogP contribution in [-0.2, 0) is 22.6 Å². The maximum absolute atomic E-state index is 13.4. The van der Waals surface area contributed by atoms with Crippen LogP contribution < -0.4 is 10.6 Å². The first-order chi connectivity index (χ1) is 14.5. The summed E-state index contributed by atoms with van der Waals surface area (Å²) in [5, 5.41) is 12.3. The zero-order valence-electron chi connectivity index (χ0n) is 16.4. The molecule has 0 spiro atoms. The second-order valence-electron chi connectivity index (χ2n) is 7.63. The maximum Gasteiger partial charge on any atom is 0.220 e. The van der Waals surface area contributed by atoms with Gasteiger partial charge in [0.25, 0.3) is 0 Å². The Morgan fingerprint density at radius 1 is 1.33 bits per heavy atom. The number of amides is 2. The molecular weight excluding hydrogens is 403 g/mol. The van der Waals surface area contributed by atoms with E-state index in [1.807, 2.05) is 11.4 Å². The van der Waals surface area contributed by atoms with Gasteiger partial charge in [-0.25, -0.2) is 9.07 Å². The van der Waals surface area contributed by atoms with Gasteiger partial charge in [0.05, 0.1) is 11.9 Å². The van der Waals surface area contributed by atoms with Gasteiger partial charge in [0.2, 0.25) is 11.8 Å². The highest BCUT2D eigenvalue weighted by Crippen LogP contribution is 2.30. The molecule has 30 heavy (non-hydrogen) atoms. The van der Waals surface area contributed by atoms with Gasteiger partial charge < -0.3 is 10.6 Å². The smallest absolute Gasteiger partial charge is 0.220 e. The van der Waals surface area contributed by atoms with Crippen LogP contribution in [0.3, 0.4) is 0 Å². The Morgan fingerprint density at radius 3 is 2.97 bits per heavy atom. The normalized spacial score (nSPS) is 18.4. The van der Waals surface area contributed by atoms with E-state index in [1.165, 1.54) is 17.0 Å². The number of halogens is 1. The summed E-state index contributed by atoms with van der Waals surface area (Å²) < 4.78 is 15.0. The van der Waals surface area contributed by atoms with Crippen molar-refractivity contribution in [1.82, 2.24) is 20.4 Å². The number of nitrogens with one attached hydrogen (secondary N) is 2. The van der Waals surface area contributed by atoms with Crippen molar-refractivity contribution in [3.63, 3.8) is 0 Å². The summed E-state index contributed by atoms with van der Waals surface area (Å²) in [6.45, 7) is 0.346. The number of benzene rings is 1. The van der Waals surface area contributed by atoms with Crippen LogP contribution in [0, 0.1) is 5.82 Å². The van der Waals surface area contributed by atoms with Gasteiger partial charge in [0.15, 0.2) is 0 Å². The number of rotatable bonds is 8. The van der Waals surface area contributed by atoms with E-state index in [9.17, 15) is 14.0 Å². The molecule has 4 rings (SSSR count). The van der Waals surface area contributed by atoms with Crippen molar-refractivity contribution in [2.75, 3.05) is 0 Å². The molecule has 156 valence electrons. The number of hydrogen-bond acceptors (Lipinski definition) is 4. The maximum atomic E-state index is 13.4. The molecule has 1 aromatic carbocycles. The second-order valence-corrected chi connectivity index (χ2v) is 8.67. The fraction of sp³-hybridized carbons (Fsp3) is 0.318. The molecular formula is C22H23FN4O2S. The molecule has 0 radical (unpaired) electrons. The average Bonchev–Trinajstić information content (AvgIpc) is 3.47. The third-order valence-corrected chi connectivity index (χ3v) is 6.23. The number of carbonyl (C=O) groups is 2. The number of thiophene rings is 1. The zero-order chi connectivity index (χ0) is 21.0. The van der Waals surface area contributed by atoms with E-state index in [0.717, 1.165) is 18.4 Å². The van der Waals surface area contributed by atoms with E-state index in [1.54, 1.807) is 40.5 Å². The SMILES string of the molecule is O=C(CCC1(Cc2cccs2)CCC(=O)N1)NCc1cnn(-c2cccc(F)c2)c1. The summed E-state index contributed by atoms with van der Waals surface area (Å²) in [6.07, 6.45) is 6.37. The first-order valence-corrected chi connectivity index (χ1v) is 10.8. The van der Waals surface area contributed by atoms with E-state index in [-0.39, 0.29) is 23.2 Å². The van der Waals surface area contributed by atoms with Crippen molar-refractivity contribution < 1.29 is 14.0 Å². The first-order valence-electron chi connectivity index (χ1n) is 9.91. The minimum atomic E-state index is -0.346. The molecule has 2 N–H and O–H groups in total. The molecule has 1 aliphatic rings. The largest absolute Gasteiger partial charge is 0.352 e. The lowest BCUT2D eigenvalue weighted by atomic mass is 9.87. The summed E-state index contributed by atoms with van der Waals surface area (Å²) in [4.78, 5) is 25.5. The molecule has 0 aliphatic carbocycles. The van der Waals surface area contributed by atoms with Gasteiger partial charge in [-0.1, -0.05) is 12.1 Å². The van der Waals surface area contributed by atoms with Crippen molar-refractivity contribution in [3.05, 3.63) is 70.4 Å². The van der Waals surface area contributed by atoms with Gasteiger partial charge in [-0.05, 0) is 42.5 Å². The molecule has 3 heterocycles. The highest BCUT2D eigenvalue weighted by molar-refractivity contribution is 7.09. The van der Waals surface area contributed by atoms with Gasteiger partial charge in [-0.2, -0.15) is 5.10 Å². The Balaban J connectivity index is 1.31. The topological polar surface area (TPSA) is 76.0 Å². The fourth-order valence-electron chi connectivity index (χ4n) is 3.78. The Bertz CT molecular complexity index is 1030. The van der Waals surface area contributed by atoms with E-state index in [0.29, 0.717) is 31.5 Å². The molecule has 1 aliphatic heterocycles. The van der Waals surface area contributed by atoms with Crippen LogP contribution in [-0.4, -0.2) is 27.1 Å². The standard InChI is InChI=1S/C22H23FN4O2S/c23-17-3-1-4-18(11-17)27-15-16(14-25-27)13-24-20(28)6-8-22(9-7-21(29)26-22)12-19-5-2-10-30-19/h1-5,10-11,14-15H,6-9,12-13H2,(H,24,28)(H,26,29). The van der Waals surface area contributed by atoms with E-state index >= 15 is 0 Å². The van der Waals surface area contributed by atoms with Crippen LogP contribution in [0.5, 0.6) is 0 Å². The molecule has 0 saturated carbocycles. The van der Waals surface area contributed by atoms with Crippen LogP contribution in [0.1, 0.15) is 36.1 Å². The van der Waals surface area contributed by atoms with Crippen LogP contribution in [0.4, 0.5) is 4.39 Å². The van der Waals surface area contributed by atoms with Gasteiger partial charge in [0.1, 0.15) is 5.82 Å². The van der Waals surface area contributed by atoms with E-state index < -0.39 is 0 Å². The number of aromatic nitrogens is 2. The fourth-order valence-corrected chi connectivity index (χ4v) is 4.63. The summed E-state index contributed by atoms with van der Waals surface area (Å²) in [6, 6.07) is 10.2. The summed E-state index contributed by atoms with van der Waals surface area (Å²) in [7, 11) is 0. The van der Waals surface area contributed by atoms with Crippen molar-refractivity contribution in [3.8, 4) is 5.69 Å². The first kappa shape index (κ1) is 20.3. The van der Waals surface area contributed by atoms with Gasteiger partial charge in [0, 0.05) is 48.0 Å². The molecule has 1 saturated heterocycles. The molecule has 3 aromatic rings. The number of nitrogens with zero attached hydrogens (tertiary/aromatic N) is 2. The lowest BCUT2D eigenvalue weighted by Crippen LogP contribution is -2.44. The van der Waals surface area contributed by atoms with Crippen molar-refractivity contribution >= 4 is 23.2 Å². The Morgan fingerprint density at radius 2 is 2.23 bits per heavy atom. The summed E-state index contributed by atoms with van der Waals surface area (Å²) >= 11 is 1.67. The third-order valence-electron chi connectivity index (χ3n) is 5.36. The van der Waals surface area contributed by atoms with Crippen molar-refractivity contribution in [1.29, 1.82) is 0 Å². The minimum Gasteiger partial charge on any atom is -0.352 e. The lowest BCUT2D eigenvalue weighted by Gasteiger charge is -2.28. The van der Waals surface area contributed by atoms with Gasteiger partial charge in [-0.3, -0.25) is 9.59 Å². The monoisotopic (exact) mass is 426 g/mol. The van der Waals surface area contributed by atoms with Crippen LogP contribution in [0.15, 0.2) is 54.2 Å². The molecule has 1 atom stereocenters. The van der Waals surface area contributed by atoms with Gasteiger partial charge >= 0.3 is 0 Å². The Labute approximate surface area is 178 Å². The number of carbonyl (C=O) groups excluding carboxylic acids is 2. The van der Waals surface area contributed by atoms with Crippen molar-refractivity contribution in [2.45, 2.75) is 44.2 Å². The van der Waals surface area contributed by atoms with Crippen LogP contribution in [0.25, 0.3) is 5.69 Å². The molecule has 0 bridgehead atoms. The predicted octanol–water partition coefficient (Wildman–Crippen LogP) is 3.36. The second kappa shape index (κ2) is 8.79. The Hall–Kier alpha value is -3.00. The quantitative estimate of drug-likeness (QED) is 0.580. The molecule has 1 fully saturated rings. The highest BCUT2D eigenvalue weighted by Gasteiger charge is 2.38. The summed E-state index contributed by atoms with van der Waals surface area (Å²) in [5.41, 5.74) is 1.11. The predicted molar refractivity (Wildman–Crippen MR) is 113 cm³/mol. The average molecular weight is 427 g/mol. The van der Waals surface area contributed by atoms with E-state index in [4.69, 9.17) is 0 Å².